The Kier molecular flexibility index (Phi) is 3.79. The molecule has 5 heteroatoms. The van der Waals surface area contributed by atoms with E-state index in [1.165, 1.54) is 13.2 Å². The molecule has 1 amide bonds. The molecular formula is C15H16N2O3. The summed E-state index contributed by atoms with van der Waals surface area (Å²) in [4.78, 5) is 12.1. The first kappa shape index (κ1) is 13.7. The Balaban J connectivity index is 2.21. The molecule has 0 aliphatic rings. The summed E-state index contributed by atoms with van der Waals surface area (Å²) in [5.41, 5.74) is 7.99. The highest BCUT2D eigenvalue weighted by molar-refractivity contribution is 6.05. The van der Waals surface area contributed by atoms with Crippen LogP contribution in [0.25, 0.3) is 0 Å². The van der Waals surface area contributed by atoms with E-state index in [4.69, 9.17) is 10.5 Å². The Bertz CT molecular complexity index is 654. The SMILES string of the molecule is COc1ccc(NC(=O)c2ccc(C)c(N)c2)c(O)c1. The Morgan fingerprint density at radius 3 is 2.60 bits per heavy atom. The lowest BCUT2D eigenvalue weighted by Gasteiger charge is -2.09. The number of carbonyl (C=O) groups excluding carboxylic acids is 1. The van der Waals surface area contributed by atoms with Gasteiger partial charge in [0.1, 0.15) is 11.5 Å². The minimum absolute atomic E-state index is 0.0576. The second kappa shape index (κ2) is 5.52. The van der Waals surface area contributed by atoms with Gasteiger partial charge in [0.05, 0.1) is 12.8 Å². The molecule has 4 N–H and O–H groups in total. The lowest BCUT2D eigenvalue weighted by molar-refractivity contribution is 0.102. The van der Waals surface area contributed by atoms with Gasteiger partial charge in [0.25, 0.3) is 5.91 Å². The molecule has 2 aromatic carbocycles. The maximum atomic E-state index is 12.1. The van der Waals surface area contributed by atoms with Crippen LogP contribution in [0, 0.1) is 6.92 Å². The van der Waals surface area contributed by atoms with Crippen molar-refractivity contribution in [3.8, 4) is 11.5 Å². The lowest BCUT2D eigenvalue weighted by Crippen LogP contribution is -2.12. The van der Waals surface area contributed by atoms with Crippen LogP contribution in [0.1, 0.15) is 15.9 Å². The molecule has 0 fully saturated rings. The molecule has 20 heavy (non-hydrogen) atoms. The molecule has 0 radical (unpaired) electrons. The number of phenolic OH excluding ortho intramolecular Hbond substituents is 1. The molecule has 0 saturated heterocycles. The zero-order valence-electron chi connectivity index (χ0n) is 11.3. The molecule has 2 rings (SSSR count). The summed E-state index contributed by atoms with van der Waals surface area (Å²) >= 11 is 0. The molecule has 0 bridgehead atoms. The number of amides is 1. The van der Waals surface area contributed by atoms with Crippen molar-refractivity contribution in [3.05, 3.63) is 47.5 Å². The first-order valence-electron chi connectivity index (χ1n) is 6.05. The zero-order chi connectivity index (χ0) is 14.7. The van der Waals surface area contributed by atoms with Gasteiger partial charge in [0.15, 0.2) is 0 Å². The Morgan fingerprint density at radius 1 is 1.25 bits per heavy atom. The number of aryl methyl sites for hydroxylation is 1. The van der Waals surface area contributed by atoms with Gasteiger partial charge < -0.3 is 20.9 Å². The fourth-order valence-electron chi connectivity index (χ4n) is 1.72. The van der Waals surface area contributed by atoms with Crippen LogP contribution in [-0.2, 0) is 0 Å². The third-order valence-electron chi connectivity index (χ3n) is 2.99. The standard InChI is InChI=1S/C15H16N2O3/c1-9-3-4-10(7-12(9)16)15(19)17-13-6-5-11(20-2)8-14(13)18/h3-8,18H,16H2,1-2H3,(H,17,19). The van der Waals surface area contributed by atoms with Crippen LogP contribution in [0.5, 0.6) is 11.5 Å². The smallest absolute Gasteiger partial charge is 0.255 e. The number of nitrogens with two attached hydrogens (primary N) is 1. The van der Waals surface area contributed by atoms with Gasteiger partial charge in [-0.25, -0.2) is 0 Å². The Morgan fingerprint density at radius 2 is 2.00 bits per heavy atom. The minimum atomic E-state index is -0.336. The van der Waals surface area contributed by atoms with Crippen molar-refractivity contribution < 1.29 is 14.6 Å². The number of hydrogen-bond acceptors (Lipinski definition) is 4. The quantitative estimate of drug-likeness (QED) is 0.592. The van der Waals surface area contributed by atoms with Gasteiger partial charge >= 0.3 is 0 Å². The molecule has 0 saturated carbocycles. The number of aromatic hydroxyl groups is 1. The van der Waals surface area contributed by atoms with Gasteiger partial charge in [-0.3, -0.25) is 4.79 Å². The highest BCUT2D eigenvalue weighted by Gasteiger charge is 2.10. The number of ether oxygens (including phenoxy) is 1. The molecule has 0 aliphatic carbocycles. The number of anilines is 2. The first-order chi connectivity index (χ1) is 9.51. The Labute approximate surface area is 117 Å². The van der Waals surface area contributed by atoms with E-state index in [-0.39, 0.29) is 11.7 Å². The van der Waals surface area contributed by atoms with Crippen LogP contribution < -0.4 is 15.8 Å². The maximum absolute atomic E-state index is 12.1. The van der Waals surface area contributed by atoms with Crippen molar-refractivity contribution in [2.75, 3.05) is 18.2 Å². The van der Waals surface area contributed by atoms with Crippen LogP contribution in [0.15, 0.2) is 36.4 Å². The topological polar surface area (TPSA) is 84.6 Å². The average Bonchev–Trinajstić information content (AvgIpc) is 2.43. The van der Waals surface area contributed by atoms with E-state index in [0.717, 1.165) is 5.56 Å². The predicted molar refractivity (Wildman–Crippen MR) is 78.2 cm³/mol. The zero-order valence-corrected chi connectivity index (χ0v) is 11.3. The third-order valence-corrected chi connectivity index (χ3v) is 2.99. The summed E-state index contributed by atoms with van der Waals surface area (Å²) < 4.78 is 4.98. The van der Waals surface area contributed by atoms with E-state index in [1.807, 2.05) is 6.92 Å². The van der Waals surface area contributed by atoms with E-state index >= 15 is 0 Å². The van der Waals surface area contributed by atoms with Crippen molar-refractivity contribution in [1.29, 1.82) is 0 Å². The van der Waals surface area contributed by atoms with Gasteiger partial charge in [0.2, 0.25) is 0 Å². The number of rotatable bonds is 3. The van der Waals surface area contributed by atoms with Crippen LogP contribution in [-0.4, -0.2) is 18.1 Å². The van der Waals surface area contributed by atoms with E-state index < -0.39 is 0 Å². The van der Waals surface area contributed by atoms with Crippen molar-refractivity contribution in [3.63, 3.8) is 0 Å². The molecule has 0 aliphatic heterocycles. The largest absolute Gasteiger partial charge is 0.506 e. The first-order valence-corrected chi connectivity index (χ1v) is 6.05. The molecule has 0 spiro atoms. The van der Waals surface area contributed by atoms with Gasteiger partial charge in [-0.1, -0.05) is 6.07 Å². The molecule has 104 valence electrons. The van der Waals surface area contributed by atoms with E-state index in [2.05, 4.69) is 5.32 Å². The van der Waals surface area contributed by atoms with Gasteiger partial charge in [-0.15, -0.1) is 0 Å². The van der Waals surface area contributed by atoms with E-state index in [1.54, 1.807) is 30.3 Å². The molecule has 0 aromatic heterocycles. The van der Waals surface area contributed by atoms with Gasteiger partial charge in [-0.05, 0) is 36.8 Å². The number of carbonyl (C=O) groups is 1. The third kappa shape index (κ3) is 2.83. The summed E-state index contributed by atoms with van der Waals surface area (Å²) in [5.74, 6) is 0.120. The van der Waals surface area contributed by atoms with Crippen LogP contribution in [0.4, 0.5) is 11.4 Å². The maximum Gasteiger partial charge on any atom is 0.255 e. The highest BCUT2D eigenvalue weighted by Crippen LogP contribution is 2.28. The molecule has 0 atom stereocenters. The number of hydrogen-bond donors (Lipinski definition) is 3. The van der Waals surface area contributed by atoms with E-state index in [0.29, 0.717) is 22.7 Å². The number of nitrogen functional groups attached to an aromatic ring is 1. The van der Waals surface area contributed by atoms with Crippen molar-refractivity contribution in [1.82, 2.24) is 0 Å². The summed E-state index contributed by atoms with van der Waals surface area (Å²) in [6.07, 6.45) is 0. The summed E-state index contributed by atoms with van der Waals surface area (Å²) in [6.45, 7) is 1.87. The molecule has 0 unspecified atom stereocenters. The second-order valence-corrected chi connectivity index (χ2v) is 4.41. The monoisotopic (exact) mass is 272 g/mol. The van der Waals surface area contributed by atoms with Crippen LogP contribution in [0.3, 0.4) is 0 Å². The second-order valence-electron chi connectivity index (χ2n) is 4.41. The van der Waals surface area contributed by atoms with Gasteiger partial charge in [0, 0.05) is 17.3 Å². The number of benzene rings is 2. The van der Waals surface area contributed by atoms with Crippen molar-refractivity contribution in [2.45, 2.75) is 6.92 Å². The van der Waals surface area contributed by atoms with Crippen LogP contribution >= 0.6 is 0 Å². The average molecular weight is 272 g/mol. The van der Waals surface area contributed by atoms with Gasteiger partial charge in [-0.2, -0.15) is 0 Å². The summed E-state index contributed by atoms with van der Waals surface area (Å²) in [7, 11) is 1.50. The summed E-state index contributed by atoms with van der Waals surface area (Å²) in [5, 5.41) is 12.4. The highest BCUT2D eigenvalue weighted by atomic mass is 16.5. The predicted octanol–water partition coefficient (Wildman–Crippen LogP) is 2.54. The van der Waals surface area contributed by atoms with Crippen molar-refractivity contribution >= 4 is 17.3 Å². The molecule has 2 aromatic rings. The number of nitrogens with one attached hydrogen (secondary N) is 1. The van der Waals surface area contributed by atoms with Crippen LogP contribution in [0.2, 0.25) is 0 Å². The normalized spacial score (nSPS) is 10.1. The fourth-order valence-corrected chi connectivity index (χ4v) is 1.72. The lowest BCUT2D eigenvalue weighted by atomic mass is 10.1. The molecular weight excluding hydrogens is 256 g/mol. The number of methoxy groups -OCH3 is 1. The minimum Gasteiger partial charge on any atom is -0.506 e. The number of phenols is 1. The molecule has 5 nitrogen and oxygen atoms in total. The van der Waals surface area contributed by atoms with E-state index in [9.17, 15) is 9.90 Å². The Hall–Kier alpha value is -2.69. The fraction of sp³-hybridized carbons (Fsp3) is 0.133. The summed E-state index contributed by atoms with van der Waals surface area (Å²) in [6, 6.07) is 9.71. The molecule has 0 heterocycles. The van der Waals surface area contributed by atoms with Crippen molar-refractivity contribution in [2.24, 2.45) is 0 Å².